The van der Waals surface area contributed by atoms with Crippen molar-refractivity contribution in [3.63, 3.8) is 0 Å². The van der Waals surface area contributed by atoms with Gasteiger partial charge < -0.3 is 4.90 Å². The summed E-state index contributed by atoms with van der Waals surface area (Å²) in [6.07, 6.45) is 1.98. The molecule has 1 aliphatic rings. The van der Waals surface area contributed by atoms with Crippen LogP contribution in [0.1, 0.15) is 19.4 Å². The van der Waals surface area contributed by atoms with E-state index < -0.39 is 22.9 Å². The Kier molecular flexibility index (Phi) is 6.63. The van der Waals surface area contributed by atoms with Crippen LogP contribution in [0.3, 0.4) is 0 Å². The standard InChI is InChI=1S/C24H21ClF3N3O2S/c1-23(2)22(20(33)13-32)31(16-6-8-17(9-7-16)34-24(26,27)28)14-30(23)12-15-10-11-29-21-18(15)4-3-5-19(21)25/h3-11,13,22H,12,14H2,1-2H3. The predicted octanol–water partition coefficient (Wildman–Crippen LogP) is 5.70. The van der Waals surface area contributed by atoms with Gasteiger partial charge in [-0.15, -0.1) is 0 Å². The number of hydrogen-bond donors (Lipinski definition) is 0. The lowest BCUT2D eigenvalue weighted by Crippen LogP contribution is -2.51. The zero-order valence-electron chi connectivity index (χ0n) is 18.3. The zero-order valence-corrected chi connectivity index (χ0v) is 19.9. The number of pyridine rings is 1. The van der Waals surface area contributed by atoms with Gasteiger partial charge in [0, 0.05) is 34.2 Å². The average Bonchev–Trinajstić information content (AvgIpc) is 3.03. The number of nitrogens with zero attached hydrogens (tertiary/aromatic N) is 3. The first-order valence-electron chi connectivity index (χ1n) is 10.4. The molecule has 1 saturated heterocycles. The number of carbonyl (C=O) groups is 2. The van der Waals surface area contributed by atoms with Gasteiger partial charge in [-0.05, 0) is 67.6 Å². The van der Waals surface area contributed by atoms with Crippen molar-refractivity contribution in [2.45, 2.75) is 42.4 Å². The number of alkyl halides is 3. The van der Waals surface area contributed by atoms with Gasteiger partial charge in [-0.25, -0.2) is 0 Å². The summed E-state index contributed by atoms with van der Waals surface area (Å²) in [4.78, 5) is 32.4. The molecule has 0 bridgehead atoms. The molecule has 4 rings (SSSR count). The quantitative estimate of drug-likeness (QED) is 0.242. The van der Waals surface area contributed by atoms with Gasteiger partial charge in [-0.2, -0.15) is 13.2 Å². The number of Topliss-reactive ketones (excluding diaryl/α,β-unsaturated/α-hetero) is 1. The van der Waals surface area contributed by atoms with Crippen molar-refractivity contribution in [1.82, 2.24) is 9.88 Å². The predicted molar refractivity (Wildman–Crippen MR) is 127 cm³/mol. The number of thioether (sulfide) groups is 1. The van der Waals surface area contributed by atoms with Crippen molar-refractivity contribution >= 4 is 52.0 Å². The second-order valence-corrected chi connectivity index (χ2v) is 10.1. The lowest BCUT2D eigenvalue weighted by molar-refractivity contribution is -0.131. The molecule has 0 saturated carbocycles. The molecule has 1 aromatic heterocycles. The molecule has 0 spiro atoms. The summed E-state index contributed by atoms with van der Waals surface area (Å²) in [5, 5.41) is 1.42. The molecule has 0 radical (unpaired) electrons. The summed E-state index contributed by atoms with van der Waals surface area (Å²) in [7, 11) is 0. The second kappa shape index (κ2) is 9.20. The van der Waals surface area contributed by atoms with E-state index in [0.29, 0.717) is 35.7 Å². The van der Waals surface area contributed by atoms with Crippen LogP contribution in [0.5, 0.6) is 0 Å². The molecule has 0 N–H and O–H groups in total. The Bertz CT molecular complexity index is 1230. The lowest BCUT2D eigenvalue weighted by atomic mass is 9.90. The molecule has 1 atom stereocenters. The molecular formula is C24H21ClF3N3O2S. The van der Waals surface area contributed by atoms with Gasteiger partial charge in [0.1, 0.15) is 6.04 Å². The van der Waals surface area contributed by atoms with Crippen LogP contribution in [0.2, 0.25) is 5.02 Å². The van der Waals surface area contributed by atoms with E-state index in [4.69, 9.17) is 11.6 Å². The number of ketones is 1. The number of aldehydes is 1. The lowest BCUT2D eigenvalue weighted by Gasteiger charge is -2.34. The summed E-state index contributed by atoms with van der Waals surface area (Å²) < 4.78 is 38.1. The van der Waals surface area contributed by atoms with Crippen LogP contribution in [0.15, 0.2) is 59.6 Å². The number of fused-ring (bicyclic) bond motifs is 1. The fraction of sp³-hybridized carbons (Fsp3) is 0.292. The van der Waals surface area contributed by atoms with E-state index >= 15 is 0 Å². The third-order valence-electron chi connectivity index (χ3n) is 6.08. The smallest absolute Gasteiger partial charge is 0.346 e. The number of carbonyl (C=O) groups excluding carboxylic acids is 2. The average molecular weight is 508 g/mol. The zero-order chi connectivity index (χ0) is 24.7. The first-order valence-corrected chi connectivity index (χ1v) is 11.6. The minimum Gasteiger partial charge on any atom is -0.346 e. The number of anilines is 1. The van der Waals surface area contributed by atoms with E-state index in [1.165, 1.54) is 12.1 Å². The van der Waals surface area contributed by atoms with Crippen LogP contribution >= 0.6 is 23.4 Å². The van der Waals surface area contributed by atoms with E-state index in [0.717, 1.165) is 10.9 Å². The fourth-order valence-corrected chi connectivity index (χ4v) is 5.20. The molecule has 34 heavy (non-hydrogen) atoms. The van der Waals surface area contributed by atoms with Gasteiger partial charge in [0.25, 0.3) is 0 Å². The molecule has 5 nitrogen and oxygen atoms in total. The molecule has 2 aromatic carbocycles. The Morgan fingerprint density at radius 3 is 2.56 bits per heavy atom. The highest BCUT2D eigenvalue weighted by atomic mass is 35.5. The van der Waals surface area contributed by atoms with E-state index in [-0.39, 0.29) is 16.7 Å². The van der Waals surface area contributed by atoms with E-state index in [9.17, 15) is 22.8 Å². The Labute approximate surface area is 203 Å². The molecule has 1 unspecified atom stereocenters. The fourth-order valence-electron chi connectivity index (χ4n) is 4.43. The van der Waals surface area contributed by atoms with Gasteiger partial charge in [0.2, 0.25) is 5.78 Å². The summed E-state index contributed by atoms with van der Waals surface area (Å²) >= 11 is 6.10. The molecule has 2 heterocycles. The first kappa shape index (κ1) is 24.5. The minimum absolute atomic E-state index is 0.0463. The number of para-hydroxylation sites is 1. The number of aromatic nitrogens is 1. The number of hydrogen-bond acceptors (Lipinski definition) is 6. The molecule has 1 aliphatic heterocycles. The Hall–Kier alpha value is -2.62. The number of halogens is 4. The van der Waals surface area contributed by atoms with Crippen LogP contribution in [0, 0.1) is 0 Å². The second-order valence-electron chi connectivity index (χ2n) is 8.53. The van der Waals surface area contributed by atoms with Gasteiger partial charge in [-0.3, -0.25) is 19.5 Å². The molecule has 10 heteroatoms. The summed E-state index contributed by atoms with van der Waals surface area (Å²) in [6.45, 7) is 4.51. The maximum absolute atomic E-state index is 12.7. The van der Waals surface area contributed by atoms with Gasteiger partial charge in [0.05, 0.1) is 17.2 Å². The number of benzene rings is 2. The largest absolute Gasteiger partial charge is 0.446 e. The normalized spacial score (nSPS) is 18.4. The van der Waals surface area contributed by atoms with Gasteiger partial charge in [0.15, 0.2) is 6.29 Å². The third-order valence-corrected chi connectivity index (χ3v) is 7.12. The highest BCUT2D eigenvalue weighted by Gasteiger charge is 2.50. The van der Waals surface area contributed by atoms with Crippen molar-refractivity contribution in [2.75, 3.05) is 11.6 Å². The van der Waals surface area contributed by atoms with Crippen LogP contribution < -0.4 is 4.90 Å². The Morgan fingerprint density at radius 1 is 1.21 bits per heavy atom. The SMILES string of the molecule is CC1(C)C(C(=O)C=O)N(c2ccc(SC(F)(F)F)cc2)CN1Cc1ccnc2c(Cl)cccc12. The van der Waals surface area contributed by atoms with Crippen LogP contribution in [-0.2, 0) is 16.1 Å². The van der Waals surface area contributed by atoms with Crippen LogP contribution in [-0.4, -0.2) is 45.7 Å². The monoisotopic (exact) mass is 507 g/mol. The molecule has 3 aromatic rings. The highest BCUT2D eigenvalue weighted by Crippen LogP contribution is 2.40. The van der Waals surface area contributed by atoms with E-state index in [1.807, 2.05) is 32.0 Å². The molecule has 1 fully saturated rings. The minimum atomic E-state index is -4.39. The van der Waals surface area contributed by atoms with Crippen molar-refractivity contribution in [1.29, 1.82) is 0 Å². The number of rotatable bonds is 6. The molecule has 0 amide bonds. The van der Waals surface area contributed by atoms with Crippen molar-refractivity contribution in [3.05, 3.63) is 65.3 Å². The third kappa shape index (κ3) is 4.78. The topological polar surface area (TPSA) is 53.5 Å². The van der Waals surface area contributed by atoms with E-state index in [1.54, 1.807) is 29.3 Å². The molecular weight excluding hydrogens is 487 g/mol. The van der Waals surface area contributed by atoms with Crippen molar-refractivity contribution in [3.8, 4) is 0 Å². The highest BCUT2D eigenvalue weighted by molar-refractivity contribution is 8.00. The van der Waals surface area contributed by atoms with Crippen molar-refractivity contribution < 1.29 is 22.8 Å². The van der Waals surface area contributed by atoms with Crippen molar-refractivity contribution in [2.24, 2.45) is 0 Å². The Balaban J connectivity index is 1.68. The summed E-state index contributed by atoms with van der Waals surface area (Å²) in [5.41, 5.74) is -2.94. The van der Waals surface area contributed by atoms with Gasteiger partial charge in [-0.1, -0.05) is 23.7 Å². The molecule has 0 aliphatic carbocycles. The maximum atomic E-state index is 12.7. The van der Waals surface area contributed by atoms with Crippen LogP contribution in [0.25, 0.3) is 10.9 Å². The van der Waals surface area contributed by atoms with Gasteiger partial charge >= 0.3 is 5.51 Å². The Morgan fingerprint density at radius 2 is 1.91 bits per heavy atom. The maximum Gasteiger partial charge on any atom is 0.446 e. The molecule has 178 valence electrons. The first-order chi connectivity index (χ1) is 16.0. The summed E-state index contributed by atoms with van der Waals surface area (Å²) in [6, 6.07) is 12.4. The summed E-state index contributed by atoms with van der Waals surface area (Å²) in [5.74, 6) is -0.594. The van der Waals surface area contributed by atoms with E-state index in [2.05, 4.69) is 9.88 Å². The van der Waals surface area contributed by atoms with Crippen LogP contribution in [0.4, 0.5) is 18.9 Å².